The van der Waals surface area contributed by atoms with Crippen LogP contribution in [-0.4, -0.2) is 12.1 Å². The summed E-state index contributed by atoms with van der Waals surface area (Å²) in [6.07, 6.45) is 0. The number of carbonyl (C=O) groups excluding carboxylic acids is 1. The van der Waals surface area contributed by atoms with Gasteiger partial charge in [0.2, 0.25) is 0 Å². The number of urea groups is 1. The van der Waals surface area contributed by atoms with E-state index in [-0.39, 0.29) is 12.1 Å². The largest absolute Gasteiger partial charge is 0.355 e. The van der Waals surface area contributed by atoms with Crippen molar-refractivity contribution in [2.75, 3.05) is 10.6 Å². The Kier molecular flexibility index (Phi) is 5.52. The number of amides is 2. The van der Waals surface area contributed by atoms with Crippen molar-refractivity contribution in [3.05, 3.63) is 52.5 Å². The molecule has 2 amide bonds. The van der Waals surface area contributed by atoms with E-state index in [1.165, 1.54) is 0 Å². The van der Waals surface area contributed by atoms with Gasteiger partial charge in [0.15, 0.2) is 0 Å². The number of hydrogen-bond acceptors (Lipinski definition) is 2. The van der Waals surface area contributed by atoms with Crippen LogP contribution in [0.5, 0.6) is 0 Å². The number of hydrogen-bond donors (Lipinski definition) is 3. The van der Waals surface area contributed by atoms with E-state index in [0.717, 1.165) is 17.1 Å². The highest BCUT2D eigenvalue weighted by Gasteiger charge is 2.04. The zero-order valence-corrected chi connectivity index (χ0v) is 13.8. The van der Waals surface area contributed by atoms with Crippen molar-refractivity contribution >= 4 is 46.3 Å². The van der Waals surface area contributed by atoms with Crippen molar-refractivity contribution in [1.29, 1.82) is 0 Å². The first-order chi connectivity index (χ1) is 10.4. The first kappa shape index (κ1) is 16.5. The molecule has 0 fully saturated rings. The van der Waals surface area contributed by atoms with Gasteiger partial charge in [-0.3, -0.25) is 0 Å². The average Bonchev–Trinajstić information content (AvgIpc) is 2.44. The summed E-state index contributed by atoms with van der Waals surface area (Å²) < 4.78 is 0. The van der Waals surface area contributed by atoms with Crippen LogP contribution in [0.2, 0.25) is 10.0 Å². The predicted molar refractivity (Wildman–Crippen MR) is 93.5 cm³/mol. The maximum atomic E-state index is 11.6. The number of rotatable bonds is 4. The summed E-state index contributed by atoms with van der Waals surface area (Å²) >= 11 is 11.9. The van der Waals surface area contributed by atoms with Crippen molar-refractivity contribution in [3.63, 3.8) is 0 Å². The van der Waals surface area contributed by atoms with Gasteiger partial charge in [0.05, 0.1) is 10.0 Å². The molecule has 0 radical (unpaired) electrons. The summed E-state index contributed by atoms with van der Waals surface area (Å²) in [5, 5.41) is 9.75. The van der Waals surface area contributed by atoms with E-state index in [1.54, 1.807) is 12.1 Å². The maximum absolute atomic E-state index is 11.6. The molecule has 0 aliphatic rings. The minimum Gasteiger partial charge on any atom is -0.355 e. The lowest BCUT2D eigenvalue weighted by Crippen LogP contribution is -2.34. The second-order valence-corrected chi connectivity index (χ2v) is 5.90. The van der Waals surface area contributed by atoms with Crippen molar-refractivity contribution < 1.29 is 4.79 Å². The van der Waals surface area contributed by atoms with E-state index in [9.17, 15) is 4.79 Å². The van der Waals surface area contributed by atoms with Gasteiger partial charge in [-0.2, -0.15) is 0 Å². The Hall–Kier alpha value is -1.91. The lowest BCUT2D eigenvalue weighted by atomic mass is 10.2. The Bertz CT molecular complexity index is 657. The number of benzene rings is 2. The maximum Gasteiger partial charge on any atom is 0.319 e. The van der Waals surface area contributed by atoms with Crippen LogP contribution in [0, 0.1) is 0 Å². The Morgan fingerprint density at radius 3 is 2.09 bits per heavy atom. The standard InChI is InChI=1S/C16H17Cl2N3O/c1-10(2)19-16(22)21-12-5-3-11(4-6-12)20-13-7-8-14(17)15(18)9-13/h3-10,20H,1-2H3,(H2,19,21,22). The van der Waals surface area contributed by atoms with Crippen LogP contribution in [0.25, 0.3) is 0 Å². The van der Waals surface area contributed by atoms with E-state index < -0.39 is 0 Å². The number of nitrogens with one attached hydrogen (secondary N) is 3. The lowest BCUT2D eigenvalue weighted by molar-refractivity contribution is 0.250. The number of halogens is 2. The van der Waals surface area contributed by atoms with Crippen LogP contribution in [0.4, 0.5) is 21.9 Å². The number of anilines is 3. The summed E-state index contributed by atoms with van der Waals surface area (Å²) in [5.74, 6) is 0. The SMILES string of the molecule is CC(C)NC(=O)Nc1ccc(Nc2ccc(Cl)c(Cl)c2)cc1. The summed E-state index contributed by atoms with van der Waals surface area (Å²) in [5.41, 5.74) is 2.44. The van der Waals surface area contributed by atoms with Crippen molar-refractivity contribution in [3.8, 4) is 0 Å². The van der Waals surface area contributed by atoms with Gasteiger partial charge in [-0.05, 0) is 56.3 Å². The van der Waals surface area contributed by atoms with Gasteiger partial charge in [-0.1, -0.05) is 23.2 Å². The van der Waals surface area contributed by atoms with Gasteiger partial charge < -0.3 is 16.0 Å². The van der Waals surface area contributed by atoms with Gasteiger partial charge in [-0.15, -0.1) is 0 Å². The van der Waals surface area contributed by atoms with Gasteiger partial charge in [0.25, 0.3) is 0 Å². The molecule has 0 atom stereocenters. The average molecular weight is 338 g/mol. The molecule has 2 aromatic carbocycles. The molecule has 116 valence electrons. The van der Waals surface area contributed by atoms with Crippen LogP contribution in [-0.2, 0) is 0 Å². The summed E-state index contributed by atoms with van der Waals surface area (Å²) in [7, 11) is 0. The minimum atomic E-state index is -0.222. The molecule has 0 unspecified atom stereocenters. The summed E-state index contributed by atoms with van der Waals surface area (Å²) in [6.45, 7) is 3.81. The fraction of sp³-hybridized carbons (Fsp3) is 0.188. The van der Waals surface area contributed by atoms with E-state index in [0.29, 0.717) is 10.0 Å². The molecule has 0 saturated heterocycles. The topological polar surface area (TPSA) is 53.2 Å². The molecule has 6 heteroatoms. The second kappa shape index (κ2) is 7.38. The molecule has 3 N–H and O–H groups in total. The fourth-order valence-corrected chi connectivity index (χ4v) is 2.10. The van der Waals surface area contributed by atoms with E-state index in [1.807, 2.05) is 44.2 Å². The zero-order valence-electron chi connectivity index (χ0n) is 12.3. The first-order valence-corrected chi connectivity index (χ1v) is 7.59. The Balaban J connectivity index is 1.99. The van der Waals surface area contributed by atoms with Crippen LogP contribution in [0.3, 0.4) is 0 Å². The third-order valence-electron chi connectivity index (χ3n) is 2.77. The Morgan fingerprint density at radius 1 is 0.909 bits per heavy atom. The molecule has 0 saturated carbocycles. The Morgan fingerprint density at radius 2 is 1.50 bits per heavy atom. The van der Waals surface area contributed by atoms with Crippen LogP contribution in [0.1, 0.15) is 13.8 Å². The minimum absolute atomic E-state index is 0.0931. The van der Waals surface area contributed by atoms with Gasteiger partial charge >= 0.3 is 6.03 Å². The van der Waals surface area contributed by atoms with Crippen LogP contribution >= 0.6 is 23.2 Å². The fourth-order valence-electron chi connectivity index (χ4n) is 1.81. The molecule has 0 aliphatic carbocycles. The van der Waals surface area contributed by atoms with Gasteiger partial charge in [0.1, 0.15) is 0 Å². The molecule has 0 bridgehead atoms. The molecule has 0 aromatic heterocycles. The molecule has 2 aromatic rings. The lowest BCUT2D eigenvalue weighted by Gasteiger charge is -2.11. The van der Waals surface area contributed by atoms with Gasteiger partial charge in [0, 0.05) is 23.1 Å². The molecule has 0 spiro atoms. The van der Waals surface area contributed by atoms with Crippen LogP contribution < -0.4 is 16.0 Å². The first-order valence-electron chi connectivity index (χ1n) is 6.83. The van der Waals surface area contributed by atoms with E-state index >= 15 is 0 Å². The molecule has 0 aliphatic heterocycles. The quantitative estimate of drug-likeness (QED) is 0.712. The van der Waals surface area contributed by atoms with E-state index in [4.69, 9.17) is 23.2 Å². The smallest absolute Gasteiger partial charge is 0.319 e. The summed E-state index contributed by atoms with van der Waals surface area (Å²) in [4.78, 5) is 11.6. The molecular formula is C16H17Cl2N3O. The van der Waals surface area contributed by atoms with Gasteiger partial charge in [-0.25, -0.2) is 4.79 Å². The van der Waals surface area contributed by atoms with E-state index in [2.05, 4.69) is 16.0 Å². The van der Waals surface area contributed by atoms with Crippen LogP contribution in [0.15, 0.2) is 42.5 Å². The highest BCUT2D eigenvalue weighted by Crippen LogP contribution is 2.27. The van der Waals surface area contributed by atoms with Crippen molar-refractivity contribution in [2.45, 2.75) is 19.9 Å². The highest BCUT2D eigenvalue weighted by atomic mass is 35.5. The zero-order chi connectivity index (χ0) is 16.1. The molecule has 0 heterocycles. The molecule has 22 heavy (non-hydrogen) atoms. The monoisotopic (exact) mass is 337 g/mol. The van der Waals surface area contributed by atoms with Crippen molar-refractivity contribution in [2.24, 2.45) is 0 Å². The molecular weight excluding hydrogens is 321 g/mol. The molecule has 4 nitrogen and oxygen atoms in total. The second-order valence-electron chi connectivity index (χ2n) is 5.08. The van der Waals surface area contributed by atoms with Crippen molar-refractivity contribution in [1.82, 2.24) is 5.32 Å². The number of carbonyl (C=O) groups is 1. The third-order valence-corrected chi connectivity index (χ3v) is 3.51. The Labute approximate surface area is 139 Å². The normalized spacial score (nSPS) is 10.4. The highest BCUT2D eigenvalue weighted by molar-refractivity contribution is 6.42. The summed E-state index contributed by atoms with van der Waals surface area (Å²) in [6, 6.07) is 12.6. The molecule has 2 rings (SSSR count). The third kappa shape index (κ3) is 4.83. The predicted octanol–water partition coefficient (Wildman–Crippen LogP) is 5.27.